The molecule has 0 aliphatic carbocycles. The summed E-state index contributed by atoms with van der Waals surface area (Å²) in [6, 6.07) is 12.4. The molecule has 160 valence electrons. The molecule has 0 aliphatic rings. The van der Waals surface area contributed by atoms with Crippen LogP contribution in [0.3, 0.4) is 0 Å². The molecule has 0 aliphatic heterocycles. The van der Waals surface area contributed by atoms with Crippen molar-refractivity contribution in [2.75, 3.05) is 13.2 Å². The number of pyridine rings is 2. The average molecular weight is 397 g/mol. The standard InChI is InChI=1S/C26H40N2O/c1(5-9-17-25-19-11-13-21-27-25)3-7-15-23-29-24-16-8-4-2-6-10-18-26-20-12-14-22-28-26/h11-14,19-22H,1-10,15-18,23-24H2. The Balaban J connectivity index is 1.24. The molecule has 0 saturated carbocycles. The monoisotopic (exact) mass is 396 g/mol. The summed E-state index contributed by atoms with van der Waals surface area (Å²) in [5.41, 5.74) is 2.45. The summed E-state index contributed by atoms with van der Waals surface area (Å²) < 4.78 is 5.79. The summed E-state index contributed by atoms with van der Waals surface area (Å²) in [6.45, 7) is 1.88. The lowest BCUT2D eigenvalue weighted by molar-refractivity contribution is 0.125. The van der Waals surface area contributed by atoms with E-state index in [1.807, 2.05) is 24.5 Å². The van der Waals surface area contributed by atoms with Crippen molar-refractivity contribution in [2.45, 2.75) is 89.9 Å². The molecular weight excluding hydrogens is 356 g/mol. The first-order valence-corrected chi connectivity index (χ1v) is 11.8. The third-order valence-corrected chi connectivity index (χ3v) is 5.40. The van der Waals surface area contributed by atoms with E-state index in [1.54, 1.807) is 0 Å². The van der Waals surface area contributed by atoms with Gasteiger partial charge in [0.05, 0.1) is 0 Å². The summed E-state index contributed by atoms with van der Waals surface area (Å²) in [6.07, 6.45) is 21.6. The molecule has 3 nitrogen and oxygen atoms in total. The van der Waals surface area contributed by atoms with Crippen LogP contribution >= 0.6 is 0 Å². The number of nitrogens with zero attached hydrogens (tertiary/aromatic N) is 2. The van der Waals surface area contributed by atoms with Gasteiger partial charge in [-0.1, -0.05) is 63.5 Å². The molecule has 29 heavy (non-hydrogen) atoms. The minimum Gasteiger partial charge on any atom is -0.381 e. The molecule has 2 heterocycles. The fourth-order valence-corrected chi connectivity index (χ4v) is 3.63. The Morgan fingerprint density at radius 2 is 0.897 bits per heavy atom. The molecule has 0 amide bonds. The Morgan fingerprint density at radius 1 is 0.483 bits per heavy atom. The highest BCUT2D eigenvalue weighted by Gasteiger charge is 1.97. The van der Waals surface area contributed by atoms with Crippen LogP contribution in [0, 0.1) is 0 Å². The molecule has 0 aromatic carbocycles. The highest BCUT2D eigenvalue weighted by Crippen LogP contribution is 2.10. The lowest BCUT2D eigenvalue weighted by Gasteiger charge is -2.05. The zero-order chi connectivity index (χ0) is 20.2. The van der Waals surface area contributed by atoms with Gasteiger partial charge in [0.25, 0.3) is 0 Å². The molecule has 0 saturated heterocycles. The minimum atomic E-state index is 0.942. The zero-order valence-electron chi connectivity index (χ0n) is 18.2. The van der Waals surface area contributed by atoms with Gasteiger partial charge in [0.2, 0.25) is 0 Å². The van der Waals surface area contributed by atoms with E-state index in [1.165, 1.54) is 88.4 Å². The number of ether oxygens (including phenoxy) is 1. The van der Waals surface area contributed by atoms with Crippen LogP contribution in [0.4, 0.5) is 0 Å². The lowest BCUT2D eigenvalue weighted by atomic mass is 10.1. The van der Waals surface area contributed by atoms with Crippen molar-refractivity contribution >= 4 is 0 Å². The highest BCUT2D eigenvalue weighted by molar-refractivity contribution is 5.03. The Kier molecular flexibility index (Phi) is 13.9. The maximum Gasteiger partial charge on any atom is 0.0466 e. The summed E-state index contributed by atoms with van der Waals surface area (Å²) >= 11 is 0. The molecule has 0 spiro atoms. The second kappa shape index (κ2) is 17.1. The Labute approximate surface area is 178 Å². The fraction of sp³-hybridized carbons (Fsp3) is 0.615. The highest BCUT2D eigenvalue weighted by atomic mass is 16.5. The number of aryl methyl sites for hydroxylation is 2. The Hall–Kier alpha value is -1.74. The van der Waals surface area contributed by atoms with E-state index in [4.69, 9.17) is 4.74 Å². The first kappa shape index (κ1) is 23.5. The van der Waals surface area contributed by atoms with E-state index >= 15 is 0 Å². The van der Waals surface area contributed by atoms with Crippen LogP contribution in [0.2, 0.25) is 0 Å². The van der Waals surface area contributed by atoms with E-state index in [0.29, 0.717) is 0 Å². The van der Waals surface area contributed by atoms with Gasteiger partial charge in [0.15, 0.2) is 0 Å². The number of unbranched alkanes of at least 4 members (excludes halogenated alkanes) is 10. The second-order valence-corrected chi connectivity index (χ2v) is 8.00. The Morgan fingerprint density at radius 3 is 1.31 bits per heavy atom. The van der Waals surface area contributed by atoms with Crippen LogP contribution in [0.15, 0.2) is 48.8 Å². The maximum atomic E-state index is 5.79. The zero-order valence-corrected chi connectivity index (χ0v) is 18.2. The quantitative estimate of drug-likeness (QED) is 0.255. The van der Waals surface area contributed by atoms with Gasteiger partial charge < -0.3 is 4.74 Å². The molecule has 3 heteroatoms. The van der Waals surface area contributed by atoms with Crippen LogP contribution in [0.1, 0.15) is 88.4 Å². The second-order valence-electron chi connectivity index (χ2n) is 8.00. The molecule has 0 unspecified atom stereocenters. The number of hydrogen-bond acceptors (Lipinski definition) is 3. The molecule has 0 fully saturated rings. The van der Waals surface area contributed by atoms with E-state index in [2.05, 4.69) is 34.2 Å². The van der Waals surface area contributed by atoms with Gasteiger partial charge in [-0.05, 0) is 62.8 Å². The van der Waals surface area contributed by atoms with E-state index in [-0.39, 0.29) is 0 Å². The molecule has 0 radical (unpaired) electrons. The van der Waals surface area contributed by atoms with Crippen molar-refractivity contribution in [3.05, 3.63) is 60.2 Å². The van der Waals surface area contributed by atoms with Crippen molar-refractivity contribution in [2.24, 2.45) is 0 Å². The maximum absolute atomic E-state index is 5.79. The van der Waals surface area contributed by atoms with Gasteiger partial charge >= 0.3 is 0 Å². The van der Waals surface area contributed by atoms with Crippen molar-refractivity contribution in [1.29, 1.82) is 0 Å². The van der Waals surface area contributed by atoms with Crippen LogP contribution in [0.25, 0.3) is 0 Å². The molecule has 0 atom stereocenters. The van der Waals surface area contributed by atoms with Crippen molar-refractivity contribution < 1.29 is 4.74 Å². The number of aromatic nitrogens is 2. The largest absolute Gasteiger partial charge is 0.381 e. The van der Waals surface area contributed by atoms with Crippen LogP contribution in [-0.2, 0) is 17.6 Å². The predicted octanol–water partition coefficient (Wildman–Crippen LogP) is 6.96. The Bertz CT molecular complexity index is 535. The first-order chi connectivity index (χ1) is 14.4. The average Bonchev–Trinajstić information content (AvgIpc) is 2.77. The van der Waals surface area contributed by atoms with Gasteiger partial charge in [-0.25, -0.2) is 0 Å². The molecule has 0 bridgehead atoms. The first-order valence-electron chi connectivity index (χ1n) is 11.8. The van der Waals surface area contributed by atoms with Gasteiger partial charge in [-0.3, -0.25) is 9.97 Å². The summed E-state index contributed by atoms with van der Waals surface area (Å²) in [7, 11) is 0. The smallest absolute Gasteiger partial charge is 0.0466 e. The molecular formula is C26H40N2O. The number of rotatable bonds is 18. The third kappa shape index (κ3) is 13.2. The van der Waals surface area contributed by atoms with Crippen LogP contribution in [0.5, 0.6) is 0 Å². The van der Waals surface area contributed by atoms with E-state index in [9.17, 15) is 0 Å². The SMILES string of the molecule is c1ccc(CCCCCCCCOCCCCCCCCc2ccccn2)nc1. The third-order valence-electron chi connectivity index (χ3n) is 5.40. The summed E-state index contributed by atoms with van der Waals surface area (Å²) in [5, 5.41) is 0. The fourth-order valence-electron chi connectivity index (χ4n) is 3.63. The van der Waals surface area contributed by atoms with Gasteiger partial charge in [0.1, 0.15) is 0 Å². The van der Waals surface area contributed by atoms with Gasteiger partial charge in [-0.15, -0.1) is 0 Å². The molecule has 2 aromatic heterocycles. The van der Waals surface area contributed by atoms with Crippen molar-refractivity contribution in [1.82, 2.24) is 9.97 Å². The van der Waals surface area contributed by atoms with Gasteiger partial charge in [0, 0.05) is 37.0 Å². The molecule has 2 aromatic rings. The lowest BCUT2D eigenvalue weighted by Crippen LogP contribution is -1.97. The van der Waals surface area contributed by atoms with Crippen LogP contribution < -0.4 is 0 Å². The van der Waals surface area contributed by atoms with E-state index < -0.39 is 0 Å². The van der Waals surface area contributed by atoms with Crippen LogP contribution in [-0.4, -0.2) is 23.2 Å². The normalized spacial score (nSPS) is 11.0. The molecule has 0 N–H and O–H groups in total. The van der Waals surface area contributed by atoms with E-state index in [0.717, 1.165) is 26.1 Å². The topological polar surface area (TPSA) is 35.0 Å². The minimum absolute atomic E-state index is 0.942. The summed E-state index contributed by atoms with van der Waals surface area (Å²) in [4.78, 5) is 8.76. The van der Waals surface area contributed by atoms with Crippen molar-refractivity contribution in [3.63, 3.8) is 0 Å². The van der Waals surface area contributed by atoms with Crippen molar-refractivity contribution in [3.8, 4) is 0 Å². The predicted molar refractivity (Wildman–Crippen MR) is 122 cm³/mol. The van der Waals surface area contributed by atoms with Gasteiger partial charge in [-0.2, -0.15) is 0 Å². The molecule has 2 rings (SSSR count). The summed E-state index contributed by atoms with van der Waals surface area (Å²) in [5.74, 6) is 0. The number of hydrogen-bond donors (Lipinski definition) is 0.